The lowest BCUT2D eigenvalue weighted by atomic mass is 10.0. The molecule has 2 heteroatoms. The van der Waals surface area contributed by atoms with Crippen LogP contribution in [-0.2, 0) is 9.53 Å². The third kappa shape index (κ3) is 3.95. The molecule has 0 spiro atoms. The Hall–Kier alpha value is -2.09. The molecule has 2 aromatic rings. The lowest BCUT2D eigenvalue weighted by Crippen LogP contribution is -2.02. The summed E-state index contributed by atoms with van der Waals surface area (Å²) in [6.45, 7) is 2.29. The molecule has 0 fully saturated rings. The van der Waals surface area contributed by atoms with Gasteiger partial charge in [-0.3, -0.25) is 4.79 Å². The van der Waals surface area contributed by atoms with Gasteiger partial charge in [-0.25, -0.2) is 0 Å². The smallest absolute Gasteiger partial charge is 0.305 e. The second kappa shape index (κ2) is 7.49. The molecule has 0 atom stereocenters. The van der Waals surface area contributed by atoms with Gasteiger partial charge in [0.2, 0.25) is 0 Å². The summed E-state index contributed by atoms with van der Waals surface area (Å²) in [5, 5.41) is 2.51. The molecule has 0 aromatic heterocycles. The standard InChI is InChI=1S/C18H20O2/c1-2-20-18(19)14-5-3-4-9-15-11-8-12-16-10-6-7-13-17(15)16/h4,6-13H,2-3,5,14H2,1H3/b9-4+. The summed E-state index contributed by atoms with van der Waals surface area (Å²) in [7, 11) is 0. The van der Waals surface area contributed by atoms with Crippen molar-refractivity contribution in [3.05, 3.63) is 54.1 Å². The maximum absolute atomic E-state index is 11.2. The average molecular weight is 268 g/mol. The molecule has 2 aromatic carbocycles. The molecule has 20 heavy (non-hydrogen) atoms. The SMILES string of the molecule is CCOC(=O)CCC/C=C/c1cccc2ccccc12. The van der Waals surface area contributed by atoms with Crippen LogP contribution in [-0.4, -0.2) is 12.6 Å². The van der Waals surface area contributed by atoms with Crippen molar-refractivity contribution in [3.8, 4) is 0 Å². The van der Waals surface area contributed by atoms with E-state index in [4.69, 9.17) is 4.74 Å². The molecular formula is C18H20O2. The highest BCUT2D eigenvalue weighted by molar-refractivity contribution is 5.90. The number of rotatable bonds is 6. The number of carbonyl (C=O) groups is 1. The molecule has 0 heterocycles. The zero-order chi connectivity index (χ0) is 14.2. The number of esters is 1. The van der Waals surface area contributed by atoms with Gasteiger partial charge in [-0.1, -0.05) is 54.6 Å². The van der Waals surface area contributed by atoms with E-state index >= 15 is 0 Å². The summed E-state index contributed by atoms with van der Waals surface area (Å²) in [6, 6.07) is 14.7. The molecule has 0 N–H and O–H groups in total. The Morgan fingerprint density at radius 2 is 1.95 bits per heavy atom. The van der Waals surface area contributed by atoms with Gasteiger partial charge < -0.3 is 4.74 Å². The number of fused-ring (bicyclic) bond motifs is 1. The summed E-state index contributed by atoms with van der Waals surface area (Å²) in [5.74, 6) is -0.105. The van der Waals surface area contributed by atoms with Crippen LogP contribution in [0.25, 0.3) is 16.8 Å². The third-order valence-electron chi connectivity index (χ3n) is 3.18. The third-order valence-corrected chi connectivity index (χ3v) is 3.18. The zero-order valence-electron chi connectivity index (χ0n) is 11.8. The molecule has 104 valence electrons. The van der Waals surface area contributed by atoms with Crippen molar-refractivity contribution < 1.29 is 9.53 Å². The van der Waals surface area contributed by atoms with E-state index in [1.165, 1.54) is 16.3 Å². The molecule has 2 nitrogen and oxygen atoms in total. The molecule has 0 amide bonds. The molecule has 0 bridgehead atoms. The fourth-order valence-electron chi connectivity index (χ4n) is 2.20. The van der Waals surface area contributed by atoms with Crippen molar-refractivity contribution in [2.75, 3.05) is 6.61 Å². The Balaban J connectivity index is 1.92. The number of benzene rings is 2. The van der Waals surface area contributed by atoms with Crippen LogP contribution >= 0.6 is 0 Å². The number of hydrogen-bond acceptors (Lipinski definition) is 2. The van der Waals surface area contributed by atoms with Crippen molar-refractivity contribution >= 4 is 22.8 Å². The Labute approximate surface area is 120 Å². The van der Waals surface area contributed by atoms with Gasteiger partial charge >= 0.3 is 5.97 Å². The highest BCUT2D eigenvalue weighted by Crippen LogP contribution is 2.19. The Morgan fingerprint density at radius 1 is 1.15 bits per heavy atom. The summed E-state index contributed by atoms with van der Waals surface area (Å²) < 4.78 is 4.90. The Kier molecular flexibility index (Phi) is 5.36. The van der Waals surface area contributed by atoms with E-state index in [2.05, 4.69) is 54.6 Å². The molecule has 0 saturated heterocycles. The maximum Gasteiger partial charge on any atom is 0.305 e. The molecule has 0 saturated carbocycles. The quantitative estimate of drug-likeness (QED) is 0.566. The first-order valence-corrected chi connectivity index (χ1v) is 7.11. The fourth-order valence-corrected chi connectivity index (χ4v) is 2.20. The average Bonchev–Trinajstić information content (AvgIpc) is 2.47. The number of unbranched alkanes of at least 4 members (excludes halogenated alkanes) is 1. The minimum atomic E-state index is -0.105. The largest absolute Gasteiger partial charge is 0.466 e. The van der Waals surface area contributed by atoms with Crippen molar-refractivity contribution in [3.63, 3.8) is 0 Å². The van der Waals surface area contributed by atoms with E-state index in [9.17, 15) is 4.79 Å². The van der Waals surface area contributed by atoms with Gasteiger partial charge in [0.15, 0.2) is 0 Å². The fraction of sp³-hybridized carbons (Fsp3) is 0.278. The van der Waals surface area contributed by atoms with Crippen LogP contribution in [0.15, 0.2) is 48.5 Å². The molecule has 0 aliphatic carbocycles. The summed E-state index contributed by atoms with van der Waals surface area (Å²) in [5.41, 5.74) is 1.22. The molecule has 0 aliphatic heterocycles. The summed E-state index contributed by atoms with van der Waals surface area (Å²) in [4.78, 5) is 11.2. The Morgan fingerprint density at radius 3 is 2.80 bits per heavy atom. The zero-order valence-corrected chi connectivity index (χ0v) is 11.8. The molecule has 0 unspecified atom stereocenters. The van der Waals surface area contributed by atoms with Crippen LogP contribution in [0.5, 0.6) is 0 Å². The molecule has 0 aliphatic rings. The van der Waals surface area contributed by atoms with Crippen molar-refractivity contribution in [1.29, 1.82) is 0 Å². The highest BCUT2D eigenvalue weighted by atomic mass is 16.5. The summed E-state index contributed by atoms with van der Waals surface area (Å²) in [6.07, 6.45) is 6.48. The van der Waals surface area contributed by atoms with Crippen LogP contribution < -0.4 is 0 Å². The first kappa shape index (κ1) is 14.3. The first-order valence-electron chi connectivity index (χ1n) is 7.11. The second-order valence-corrected chi connectivity index (χ2v) is 4.67. The number of allylic oxidation sites excluding steroid dienone is 1. The topological polar surface area (TPSA) is 26.3 Å². The minimum Gasteiger partial charge on any atom is -0.466 e. The van der Waals surface area contributed by atoms with E-state index in [1.54, 1.807) is 0 Å². The van der Waals surface area contributed by atoms with E-state index in [1.807, 2.05) is 6.92 Å². The van der Waals surface area contributed by atoms with Gasteiger partial charge in [-0.15, -0.1) is 0 Å². The Bertz CT molecular complexity index is 594. The molecule has 2 rings (SSSR count). The monoisotopic (exact) mass is 268 g/mol. The van der Waals surface area contributed by atoms with Crippen molar-refractivity contribution in [2.45, 2.75) is 26.2 Å². The van der Waals surface area contributed by atoms with E-state index in [0.29, 0.717) is 13.0 Å². The van der Waals surface area contributed by atoms with Crippen LogP contribution in [0.3, 0.4) is 0 Å². The summed E-state index contributed by atoms with van der Waals surface area (Å²) >= 11 is 0. The van der Waals surface area contributed by atoms with Gasteiger partial charge in [0.05, 0.1) is 6.61 Å². The van der Waals surface area contributed by atoms with Gasteiger partial charge in [0.1, 0.15) is 0 Å². The van der Waals surface area contributed by atoms with Crippen molar-refractivity contribution in [1.82, 2.24) is 0 Å². The van der Waals surface area contributed by atoms with E-state index in [0.717, 1.165) is 12.8 Å². The van der Waals surface area contributed by atoms with Crippen LogP contribution in [0, 0.1) is 0 Å². The lowest BCUT2D eigenvalue weighted by Gasteiger charge is -2.02. The maximum atomic E-state index is 11.2. The van der Waals surface area contributed by atoms with E-state index < -0.39 is 0 Å². The van der Waals surface area contributed by atoms with E-state index in [-0.39, 0.29) is 5.97 Å². The predicted molar refractivity (Wildman–Crippen MR) is 83.5 cm³/mol. The number of carbonyl (C=O) groups excluding carboxylic acids is 1. The van der Waals surface area contributed by atoms with Gasteiger partial charge in [0.25, 0.3) is 0 Å². The van der Waals surface area contributed by atoms with Gasteiger partial charge in [-0.05, 0) is 36.1 Å². The first-order chi connectivity index (χ1) is 9.81. The number of hydrogen-bond donors (Lipinski definition) is 0. The molecule has 0 radical (unpaired) electrons. The minimum absolute atomic E-state index is 0.105. The molecular weight excluding hydrogens is 248 g/mol. The highest BCUT2D eigenvalue weighted by Gasteiger charge is 1.99. The van der Waals surface area contributed by atoms with Crippen LogP contribution in [0.2, 0.25) is 0 Å². The second-order valence-electron chi connectivity index (χ2n) is 4.67. The van der Waals surface area contributed by atoms with Crippen molar-refractivity contribution in [2.24, 2.45) is 0 Å². The van der Waals surface area contributed by atoms with Crippen LogP contribution in [0.1, 0.15) is 31.7 Å². The number of ether oxygens (including phenoxy) is 1. The lowest BCUT2D eigenvalue weighted by molar-refractivity contribution is -0.143. The van der Waals surface area contributed by atoms with Crippen LogP contribution in [0.4, 0.5) is 0 Å². The van der Waals surface area contributed by atoms with Gasteiger partial charge in [0, 0.05) is 6.42 Å². The predicted octanol–water partition coefficient (Wildman–Crippen LogP) is 4.59. The van der Waals surface area contributed by atoms with Gasteiger partial charge in [-0.2, -0.15) is 0 Å². The normalized spacial score (nSPS) is 11.1.